The van der Waals surface area contributed by atoms with Crippen molar-refractivity contribution in [2.75, 3.05) is 26.1 Å². The second-order valence-electron chi connectivity index (χ2n) is 4.99. The van der Waals surface area contributed by atoms with Gasteiger partial charge in [-0.15, -0.1) is 0 Å². The molecule has 0 heterocycles. The average Bonchev–Trinajstić information content (AvgIpc) is 2.63. The zero-order valence-electron chi connectivity index (χ0n) is 14.3. The number of rotatable bonds is 7. The van der Waals surface area contributed by atoms with Gasteiger partial charge in [-0.05, 0) is 28.4 Å². The molecule has 0 amide bonds. The summed E-state index contributed by atoms with van der Waals surface area (Å²) in [4.78, 5) is 11.9. The molecule has 0 atom stereocenters. The minimum atomic E-state index is -0.420. The van der Waals surface area contributed by atoms with Crippen LogP contribution in [0.1, 0.15) is 12.5 Å². The molecule has 0 aromatic heterocycles. The molecule has 0 unspecified atom stereocenters. The number of ether oxygens (including phenoxy) is 3. The summed E-state index contributed by atoms with van der Waals surface area (Å²) in [5, 5.41) is 3.24. The van der Waals surface area contributed by atoms with Gasteiger partial charge < -0.3 is 19.5 Å². The fraction of sp³-hybridized carbons (Fsp3) is 0.211. The number of benzene rings is 2. The Morgan fingerprint density at radius 3 is 2.40 bits per heavy atom. The molecule has 0 radical (unpaired) electrons. The quantitative estimate of drug-likeness (QED) is 0.543. The van der Waals surface area contributed by atoms with Gasteiger partial charge in [0.15, 0.2) is 0 Å². The van der Waals surface area contributed by atoms with E-state index >= 15 is 0 Å². The van der Waals surface area contributed by atoms with E-state index in [0.717, 1.165) is 10.0 Å². The van der Waals surface area contributed by atoms with Crippen molar-refractivity contribution in [1.29, 1.82) is 0 Å². The number of hydrogen-bond acceptors (Lipinski definition) is 5. The highest BCUT2D eigenvalue weighted by molar-refractivity contribution is 9.10. The molecule has 0 aliphatic carbocycles. The maximum atomic E-state index is 11.9. The molecule has 0 saturated carbocycles. The van der Waals surface area contributed by atoms with Crippen molar-refractivity contribution in [2.24, 2.45) is 0 Å². The van der Waals surface area contributed by atoms with Crippen LogP contribution in [0.5, 0.6) is 11.5 Å². The minimum absolute atomic E-state index is 0.312. The van der Waals surface area contributed by atoms with E-state index in [1.54, 1.807) is 33.3 Å². The summed E-state index contributed by atoms with van der Waals surface area (Å²) in [6.07, 6.45) is 1.42. The lowest BCUT2D eigenvalue weighted by Crippen LogP contribution is -2.07. The summed E-state index contributed by atoms with van der Waals surface area (Å²) in [5.41, 5.74) is 2.11. The Hall–Kier alpha value is -2.47. The van der Waals surface area contributed by atoms with Crippen molar-refractivity contribution in [2.45, 2.75) is 6.92 Å². The smallest absolute Gasteiger partial charge is 0.332 e. The number of esters is 1. The van der Waals surface area contributed by atoms with Crippen LogP contribution in [0.15, 0.2) is 53.0 Å². The van der Waals surface area contributed by atoms with Crippen molar-refractivity contribution in [3.05, 3.63) is 58.6 Å². The van der Waals surface area contributed by atoms with Gasteiger partial charge in [-0.3, -0.25) is 0 Å². The molecule has 1 N–H and O–H groups in total. The predicted octanol–water partition coefficient (Wildman–Crippen LogP) is 4.48. The van der Waals surface area contributed by atoms with Gasteiger partial charge >= 0.3 is 5.97 Å². The van der Waals surface area contributed by atoms with Crippen LogP contribution < -0.4 is 14.8 Å². The molecule has 0 aliphatic heterocycles. The Morgan fingerprint density at radius 1 is 1.12 bits per heavy atom. The molecule has 2 aromatic carbocycles. The number of methoxy groups -OCH3 is 2. The first-order valence-corrected chi connectivity index (χ1v) is 8.50. The highest BCUT2D eigenvalue weighted by Gasteiger charge is 2.13. The normalized spacial score (nSPS) is 11.0. The largest absolute Gasteiger partial charge is 0.495 e. The number of halogens is 1. The van der Waals surface area contributed by atoms with Crippen LogP contribution in [-0.2, 0) is 9.53 Å². The minimum Gasteiger partial charge on any atom is -0.495 e. The molecule has 0 aliphatic rings. The zero-order valence-corrected chi connectivity index (χ0v) is 15.9. The second kappa shape index (κ2) is 9.13. The molecule has 2 aromatic rings. The second-order valence-corrected chi connectivity index (χ2v) is 5.84. The van der Waals surface area contributed by atoms with Crippen molar-refractivity contribution >= 4 is 33.3 Å². The first kappa shape index (κ1) is 18.9. The van der Waals surface area contributed by atoms with E-state index in [9.17, 15) is 4.79 Å². The molecule has 0 saturated heterocycles. The zero-order chi connectivity index (χ0) is 18.2. The van der Waals surface area contributed by atoms with Crippen LogP contribution in [0.3, 0.4) is 0 Å². The monoisotopic (exact) mass is 405 g/mol. The first-order chi connectivity index (χ1) is 12.1. The molecule has 0 fully saturated rings. The van der Waals surface area contributed by atoms with E-state index in [2.05, 4.69) is 21.2 Å². The number of nitrogens with one attached hydrogen (secondary N) is 1. The molecule has 0 spiro atoms. The Morgan fingerprint density at radius 2 is 1.80 bits per heavy atom. The number of carbonyl (C=O) groups excluding carboxylic acids is 1. The van der Waals surface area contributed by atoms with Gasteiger partial charge in [-0.2, -0.15) is 0 Å². The van der Waals surface area contributed by atoms with Gasteiger partial charge in [0.2, 0.25) is 0 Å². The summed E-state index contributed by atoms with van der Waals surface area (Å²) in [6, 6.07) is 13.1. The fourth-order valence-electron chi connectivity index (χ4n) is 2.21. The third-order valence-electron chi connectivity index (χ3n) is 3.38. The van der Waals surface area contributed by atoms with Crippen molar-refractivity contribution in [3.8, 4) is 11.5 Å². The topological polar surface area (TPSA) is 56.8 Å². The summed E-state index contributed by atoms with van der Waals surface area (Å²) in [7, 11) is 3.17. The van der Waals surface area contributed by atoms with E-state index < -0.39 is 5.97 Å². The molecular weight excluding hydrogens is 386 g/mol. The number of anilines is 1. The third-order valence-corrected chi connectivity index (χ3v) is 4.00. The molecular formula is C19H20BrNO4. The lowest BCUT2D eigenvalue weighted by molar-refractivity contribution is -0.137. The van der Waals surface area contributed by atoms with E-state index in [-0.39, 0.29) is 0 Å². The van der Waals surface area contributed by atoms with Crippen LogP contribution in [0.25, 0.3) is 5.70 Å². The van der Waals surface area contributed by atoms with Gasteiger partial charge in [0.05, 0.1) is 36.7 Å². The highest BCUT2D eigenvalue weighted by atomic mass is 79.9. The highest BCUT2D eigenvalue weighted by Crippen LogP contribution is 2.37. The molecule has 2 rings (SSSR count). The van der Waals surface area contributed by atoms with E-state index in [1.807, 2.05) is 30.3 Å². The summed E-state index contributed by atoms with van der Waals surface area (Å²) < 4.78 is 16.6. The molecule has 5 nitrogen and oxygen atoms in total. The van der Waals surface area contributed by atoms with Crippen molar-refractivity contribution in [1.82, 2.24) is 0 Å². The standard InChI is InChI=1S/C19H20BrNO4/c1-4-25-19(22)12-15(13-8-6-5-7-9-13)21-16-11-17(23-2)14(20)10-18(16)24-3/h5-12,21H,4H2,1-3H3/b15-12-. The SMILES string of the molecule is CCOC(=O)/C=C(\Nc1cc(OC)c(Br)cc1OC)c1ccccc1. The van der Waals surface area contributed by atoms with Crippen LogP contribution in [0, 0.1) is 0 Å². The average molecular weight is 406 g/mol. The Bertz CT molecular complexity index is 760. The van der Waals surface area contributed by atoms with Crippen LogP contribution >= 0.6 is 15.9 Å². The van der Waals surface area contributed by atoms with Crippen molar-refractivity contribution < 1.29 is 19.0 Å². The van der Waals surface area contributed by atoms with Crippen LogP contribution in [0.2, 0.25) is 0 Å². The van der Waals surface area contributed by atoms with Crippen LogP contribution in [0.4, 0.5) is 5.69 Å². The Balaban J connectivity index is 2.45. The Labute approximate surface area is 155 Å². The van der Waals surface area contributed by atoms with Gasteiger partial charge in [-0.1, -0.05) is 30.3 Å². The molecule has 132 valence electrons. The van der Waals surface area contributed by atoms with Crippen LogP contribution in [-0.4, -0.2) is 26.8 Å². The van der Waals surface area contributed by atoms with Gasteiger partial charge in [-0.25, -0.2) is 4.79 Å². The first-order valence-electron chi connectivity index (χ1n) is 7.71. The molecule has 25 heavy (non-hydrogen) atoms. The van der Waals surface area contributed by atoms with Gasteiger partial charge in [0.1, 0.15) is 11.5 Å². The van der Waals surface area contributed by atoms with Gasteiger partial charge in [0.25, 0.3) is 0 Å². The lowest BCUT2D eigenvalue weighted by atomic mass is 10.1. The molecule has 6 heteroatoms. The Kier molecular flexibility index (Phi) is 6.89. The number of carbonyl (C=O) groups is 1. The third kappa shape index (κ3) is 5.00. The van der Waals surface area contributed by atoms with Crippen molar-refractivity contribution in [3.63, 3.8) is 0 Å². The maximum Gasteiger partial charge on any atom is 0.332 e. The number of hydrogen-bond donors (Lipinski definition) is 1. The van der Waals surface area contributed by atoms with E-state index in [1.165, 1.54) is 6.08 Å². The summed E-state index contributed by atoms with van der Waals surface area (Å²) >= 11 is 3.43. The lowest BCUT2D eigenvalue weighted by Gasteiger charge is -2.16. The van der Waals surface area contributed by atoms with E-state index in [0.29, 0.717) is 29.5 Å². The fourth-order valence-corrected chi connectivity index (χ4v) is 2.70. The maximum absolute atomic E-state index is 11.9. The predicted molar refractivity (Wildman–Crippen MR) is 102 cm³/mol. The van der Waals surface area contributed by atoms with E-state index in [4.69, 9.17) is 14.2 Å². The summed E-state index contributed by atoms with van der Waals surface area (Å²) in [6.45, 7) is 2.08. The van der Waals surface area contributed by atoms with Gasteiger partial charge in [0, 0.05) is 18.2 Å². The summed E-state index contributed by atoms with van der Waals surface area (Å²) in [5.74, 6) is 0.835. The molecule has 0 bridgehead atoms.